The Morgan fingerprint density at radius 2 is 1.71 bits per heavy atom. The molecule has 0 spiro atoms. The van der Waals surface area contributed by atoms with Gasteiger partial charge in [-0.25, -0.2) is 8.42 Å². The summed E-state index contributed by atoms with van der Waals surface area (Å²) in [7, 11) is -0.271. The third-order valence-corrected chi connectivity index (χ3v) is 7.30. The van der Waals surface area contributed by atoms with Crippen molar-refractivity contribution >= 4 is 21.6 Å². The van der Waals surface area contributed by atoms with Crippen molar-refractivity contribution in [1.29, 1.82) is 0 Å². The fraction of sp³-hybridized carbons (Fsp3) is 0.400. The number of rotatable bonds is 6. The lowest BCUT2D eigenvalue weighted by Crippen LogP contribution is -2.48. The number of nitrogens with zero attached hydrogens (tertiary/aromatic N) is 2. The summed E-state index contributed by atoms with van der Waals surface area (Å²) in [6.07, 6.45) is 0. The lowest BCUT2D eigenvalue weighted by molar-refractivity contribution is 0.180. The number of ether oxygens (including phenoxy) is 2. The number of halogens is 1. The summed E-state index contributed by atoms with van der Waals surface area (Å²) < 4.78 is 38.1. The molecular formula is C20H25ClN2O4S. The van der Waals surface area contributed by atoms with Gasteiger partial charge in [0.2, 0.25) is 10.0 Å². The van der Waals surface area contributed by atoms with E-state index >= 15 is 0 Å². The topological polar surface area (TPSA) is 59.1 Å². The maximum Gasteiger partial charge on any atom is 0.243 e. The number of hydrogen-bond donors (Lipinski definition) is 0. The van der Waals surface area contributed by atoms with E-state index in [0.29, 0.717) is 37.7 Å². The highest BCUT2D eigenvalue weighted by molar-refractivity contribution is 7.89. The molecule has 6 nitrogen and oxygen atoms in total. The number of hydrogen-bond acceptors (Lipinski definition) is 5. The highest BCUT2D eigenvalue weighted by atomic mass is 35.5. The highest BCUT2D eigenvalue weighted by Crippen LogP contribution is 2.27. The van der Waals surface area contributed by atoms with E-state index in [9.17, 15) is 8.42 Å². The van der Waals surface area contributed by atoms with Crippen molar-refractivity contribution in [1.82, 2.24) is 9.21 Å². The molecular weight excluding hydrogens is 400 g/mol. The van der Waals surface area contributed by atoms with E-state index in [1.54, 1.807) is 26.4 Å². The normalized spacial score (nSPS) is 16.1. The zero-order chi connectivity index (χ0) is 20.3. The molecule has 3 rings (SSSR count). The second-order valence-corrected chi connectivity index (χ2v) is 9.11. The second-order valence-electron chi connectivity index (χ2n) is 6.77. The van der Waals surface area contributed by atoms with Crippen molar-refractivity contribution in [3.8, 4) is 11.5 Å². The van der Waals surface area contributed by atoms with Crippen molar-refractivity contribution in [2.75, 3.05) is 40.4 Å². The molecule has 1 fully saturated rings. The van der Waals surface area contributed by atoms with Gasteiger partial charge in [-0.1, -0.05) is 17.7 Å². The zero-order valence-corrected chi connectivity index (χ0v) is 17.9. The van der Waals surface area contributed by atoms with E-state index < -0.39 is 10.0 Å². The number of sulfonamides is 1. The van der Waals surface area contributed by atoms with E-state index in [1.807, 2.05) is 25.1 Å². The van der Waals surface area contributed by atoms with Crippen molar-refractivity contribution in [3.63, 3.8) is 0 Å². The van der Waals surface area contributed by atoms with E-state index in [2.05, 4.69) is 4.90 Å². The maximum absolute atomic E-state index is 12.9. The molecule has 1 aliphatic rings. The first-order valence-electron chi connectivity index (χ1n) is 9.04. The van der Waals surface area contributed by atoms with Crippen molar-refractivity contribution in [3.05, 3.63) is 52.5 Å². The smallest absolute Gasteiger partial charge is 0.243 e. The molecule has 2 aromatic rings. The molecule has 8 heteroatoms. The number of benzene rings is 2. The minimum atomic E-state index is -3.54. The van der Waals surface area contributed by atoms with Crippen LogP contribution >= 0.6 is 11.6 Å². The fourth-order valence-corrected chi connectivity index (χ4v) is 4.95. The summed E-state index contributed by atoms with van der Waals surface area (Å²) in [4.78, 5) is 2.46. The Kier molecular flexibility index (Phi) is 6.50. The molecule has 0 bridgehead atoms. The number of methoxy groups -OCH3 is 2. The van der Waals surface area contributed by atoms with Crippen molar-refractivity contribution in [2.45, 2.75) is 18.4 Å². The Morgan fingerprint density at radius 1 is 1.00 bits per heavy atom. The van der Waals surface area contributed by atoms with Crippen molar-refractivity contribution in [2.24, 2.45) is 0 Å². The largest absolute Gasteiger partial charge is 0.497 e. The van der Waals surface area contributed by atoms with Crippen LogP contribution in [0, 0.1) is 6.92 Å². The molecule has 0 radical (unpaired) electrons. The van der Waals surface area contributed by atoms with Gasteiger partial charge in [0.15, 0.2) is 0 Å². The molecule has 1 aliphatic heterocycles. The monoisotopic (exact) mass is 424 g/mol. The Balaban J connectivity index is 1.68. The Bertz CT molecular complexity index is 941. The quantitative estimate of drug-likeness (QED) is 0.712. The molecule has 2 aromatic carbocycles. The van der Waals surface area contributed by atoms with Crippen LogP contribution in [0.25, 0.3) is 0 Å². The average Bonchev–Trinajstić information content (AvgIpc) is 2.70. The molecule has 28 heavy (non-hydrogen) atoms. The Labute approximate surface area is 171 Å². The second kappa shape index (κ2) is 8.69. The summed E-state index contributed by atoms with van der Waals surface area (Å²) in [5, 5.41) is 0.463. The first kappa shape index (κ1) is 20.9. The van der Waals surface area contributed by atoms with Gasteiger partial charge in [0.25, 0.3) is 0 Å². The van der Waals surface area contributed by atoms with Gasteiger partial charge in [0.1, 0.15) is 11.5 Å². The third-order valence-electron chi connectivity index (χ3n) is 4.99. The predicted octanol–water partition coefficient (Wildman–Crippen LogP) is 3.17. The predicted molar refractivity (Wildman–Crippen MR) is 110 cm³/mol. The molecule has 0 unspecified atom stereocenters. The van der Waals surface area contributed by atoms with E-state index in [0.717, 1.165) is 22.6 Å². The summed E-state index contributed by atoms with van der Waals surface area (Å²) in [6, 6.07) is 10.6. The van der Waals surface area contributed by atoms with Crippen LogP contribution in [0.2, 0.25) is 5.02 Å². The summed E-state index contributed by atoms with van der Waals surface area (Å²) in [5.41, 5.74) is 1.88. The van der Waals surface area contributed by atoms with E-state index in [-0.39, 0.29) is 4.90 Å². The first-order valence-corrected chi connectivity index (χ1v) is 10.9. The van der Waals surface area contributed by atoms with Crippen LogP contribution in [-0.4, -0.2) is 58.0 Å². The molecule has 152 valence electrons. The molecule has 0 aliphatic carbocycles. The maximum atomic E-state index is 12.9. The van der Waals surface area contributed by atoms with Gasteiger partial charge in [0.05, 0.1) is 19.1 Å². The molecule has 0 amide bonds. The van der Waals surface area contributed by atoms with Gasteiger partial charge in [-0.15, -0.1) is 0 Å². The lowest BCUT2D eigenvalue weighted by Gasteiger charge is -2.34. The third kappa shape index (κ3) is 4.43. The van der Waals surface area contributed by atoms with Gasteiger partial charge >= 0.3 is 0 Å². The van der Waals surface area contributed by atoms with Crippen LogP contribution in [0.4, 0.5) is 0 Å². The molecule has 0 saturated carbocycles. The number of piperazine rings is 1. The van der Waals surface area contributed by atoms with E-state index in [4.69, 9.17) is 21.1 Å². The van der Waals surface area contributed by atoms with Crippen LogP contribution in [0.15, 0.2) is 41.3 Å². The van der Waals surface area contributed by atoms with Crippen LogP contribution in [0.1, 0.15) is 11.1 Å². The zero-order valence-electron chi connectivity index (χ0n) is 16.3. The Hall–Kier alpha value is -1.80. The first-order chi connectivity index (χ1) is 13.3. The highest BCUT2D eigenvalue weighted by Gasteiger charge is 2.29. The van der Waals surface area contributed by atoms with Crippen LogP contribution in [0.5, 0.6) is 11.5 Å². The van der Waals surface area contributed by atoms with Crippen LogP contribution in [0.3, 0.4) is 0 Å². The molecule has 0 N–H and O–H groups in total. The van der Waals surface area contributed by atoms with Gasteiger partial charge in [-0.2, -0.15) is 4.31 Å². The van der Waals surface area contributed by atoms with Gasteiger partial charge in [-0.3, -0.25) is 4.90 Å². The van der Waals surface area contributed by atoms with E-state index in [1.165, 1.54) is 10.4 Å². The SMILES string of the molecule is COc1ccc(OC)c(CN2CCN(S(=O)(=O)c3ccc(C)c(Cl)c3)CC2)c1. The summed E-state index contributed by atoms with van der Waals surface area (Å²) in [6.45, 7) is 4.66. The number of aryl methyl sites for hydroxylation is 1. The molecule has 1 heterocycles. The summed E-state index contributed by atoms with van der Waals surface area (Å²) in [5.74, 6) is 1.57. The minimum Gasteiger partial charge on any atom is -0.497 e. The average molecular weight is 425 g/mol. The fourth-order valence-electron chi connectivity index (χ4n) is 3.26. The molecule has 1 saturated heterocycles. The van der Waals surface area contributed by atoms with Crippen LogP contribution < -0.4 is 9.47 Å². The van der Waals surface area contributed by atoms with Gasteiger partial charge in [0, 0.05) is 43.3 Å². The standard InChI is InChI=1S/C20H25ClN2O4S/c1-15-4-6-18(13-19(15)21)28(24,25)23-10-8-22(9-11-23)14-16-12-17(26-2)5-7-20(16)27-3/h4-7,12-13H,8-11,14H2,1-3H3. The Morgan fingerprint density at radius 3 is 2.32 bits per heavy atom. The van der Waals surface area contributed by atoms with Gasteiger partial charge in [-0.05, 0) is 42.8 Å². The van der Waals surface area contributed by atoms with Gasteiger partial charge < -0.3 is 9.47 Å². The minimum absolute atomic E-state index is 0.242. The molecule has 0 aromatic heterocycles. The lowest BCUT2D eigenvalue weighted by atomic mass is 10.1. The molecule has 0 atom stereocenters. The van der Waals surface area contributed by atoms with Crippen LogP contribution in [-0.2, 0) is 16.6 Å². The summed E-state index contributed by atoms with van der Waals surface area (Å²) >= 11 is 6.11. The van der Waals surface area contributed by atoms with Crippen molar-refractivity contribution < 1.29 is 17.9 Å².